The molecule has 0 spiro atoms. The molecule has 1 aliphatic heterocycles. The lowest BCUT2D eigenvalue weighted by molar-refractivity contribution is -0.131. The van der Waals surface area contributed by atoms with E-state index in [0.717, 1.165) is 51.5 Å². The van der Waals surface area contributed by atoms with Gasteiger partial charge in [0.25, 0.3) is 0 Å². The molecule has 11 nitrogen and oxygen atoms in total. The van der Waals surface area contributed by atoms with Gasteiger partial charge in [0.05, 0.1) is 5.69 Å². The van der Waals surface area contributed by atoms with E-state index in [4.69, 9.17) is 4.74 Å². The molecule has 0 atom stereocenters. The number of ether oxygens (including phenoxy) is 1. The van der Waals surface area contributed by atoms with Crippen LogP contribution >= 0.6 is 0 Å². The van der Waals surface area contributed by atoms with E-state index in [2.05, 4.69) is 44.8 Å². The number of para-hydroxylation sites is 1. The second-order valence-corrected chi connectivity index (χ2v) is 12.2. The van der Waals surface area contributed by atoms with Crippen LogP contribution in [-0.4, -0.2) is 90.9 Å². The number of rotatable bonds is 12. The second-order valence-electron chi connectivity index (χ2n) is 12.2. The Morgan fingerprint density at radius 3 is 2.30 bits per heavy atom. The molecule has 3 N–H and O–H groups in total. The van der Waals surface area contributed by atoms with Crippen molar-refractivity contribution < 1.29 is 23.5 Å². The van der Waals surface area contributed by atoms with Gasteiger partial charge in [0.1, 0.15) is 28.5 Å². The van der Waals surface area contributed by atoms with Gasteiger partial charge in [0.15, 0.2) is 0 Å². The number of carbonyl (C=O) groups excluding carboxylic acids is 3. The molecule has 1 aromatic heterocycles. The Balaban J connectivity index is 1.12. The Labute approximate surface area is 269 Å². The molecule has 1 saturated carbocycles. The molecular weight excluding hydrogens is 589 g/mol. The van der Waals surface area contributed by atoms with Gasteiger partial charge >= 0.3 is 6.03 Å². The zero-order valence-corrected chi connectivity index (χ0v) is 26.6. The van der Waals surface area contributed by atoms with Crippen LogP contribution in [0.2, 0.25) is 0 Å². The number of piperidine rings is 1. The van der Waals surface area contributed by atoms with Gasteiger partial charge in [-0.25, -0.2) is 14.2 Å². The van der Waals surface area contributed by atoms with E-state index in [1.807, 2.05) is 6.07 Å². The van der Waals surface area contributed by atoms with E-state index in [0.29, 0.717) is 30.1 Å². The number of amides is 4. The number of carbonyl (C=O) groups is 3. The minimum atomic E-state index is -1.23. The predicted molar refractivity (Wildman–Crippen MR) is 175 cm³/mol. The third-order valence-corrected chi connectivity index (χ3v) is 8.55. The zero-order chi connectivity index (χ0) is 32.7. The van der Waals surface area contributed by atoms with Gasteiger partial charge in [-0.3, -0.25) is 14.9 Å². The highest BCUT2D eigenvalue weighted by atomic mass is 19.1. The quantitative estimate of drug-likeness (QED) is 0.234. The van der Waals surface area contributed by atoms with Crippen molar-refractivity contribution in [2.24, 2.45) is 5.41 Å². The summed E-state index contributed by atoms with van der Waals surface area (Å²) in [4.78, 5) is 49.4. The van der Waals surface area contributed by atoms with Gasteiger partial charge in [0.2, 0.25) is 11.8 Å². The molecule has 244 valence electrons. The van der Waals surface area contributed by atoms with Gasteiger partial charge in [0, 0.05) is 50.2 Å². The first-order chi connectivity index (χ1) is 22.1. The van der Waals surface area contributed by atoms with E-state index in [1.165, 1.54) is 18.3 Å². The maximum absolute atomic E-state index is 15.0. The third kappa shape index (κ3) is 8.38. The summed E-state index contributed by atoms with van der Waals surface area (Å²) < 4.78 is 20.9. The molecule has 2 aliphatic rings. The summed E-state index contributed by atoms with van der Waals surface area (Å²) in [6.45, 7) is 4.04. The highest BCUT2D eigenvalue weighted by Gasteiger charge is 2.56. The number of nitrogens with zero attached hydrogens (tertiary/aromatic N) is 4. The van der Waals surface area contributed by atoms with Crippen LogP contribution in [0.3, 0.4) is 0 Å². The molecule has 4 amide bonds. The summed E-state index contributed by atoms with van der Waals surface area (Å²) in [6, 6.07) is 16.0. The first-order valence-corrected chi connectivity index (χ1v) is 15.7. The largest absolute Gasteiger partial charge is 0.457 e. The number of halogens is 1. The number of likely N-dealkylation sites (tertiary alicyclic amines) is 1. The normalized spacial score (nSPS) is 16.0. The van der Waals surface area contributed by atoms with Crippen LogP contribution in [0, 0.1) is 11.2 Å². The fraction of sp³-hybridized carbons (Fsp3) is 0.412. The smallest absolute Gasteiger partial charge is 0.323 e. The lowest BCUT2D eigenvalue weighted by Gasteiger charge is -2.36. The molecule has 3 aromatic rings. The van der Waals surface area contributed by atoms with Gasteiger partial charge in [-0.1, -0.05) is 18.2 Å². The number of hydrogen-bond acceptors (Lipinski definition) is 7. The summed E-state index contributed by atoms with van der Waals surface area (Å²) in [7, 11) is 5.96. The molecule has 12 heteroatoms. The molecular formula is C34H42FN7O4. The molecule has 2 heterocycles. The lowest BCUT2D eigenvalue weighted by Crippen LogP contribution is -2.47. The van der Waals surface area contributed by atoms with E-state index < -0.39 is 23.0 Å². The van der Waals surface area contributed by atoms with Gasteiger partial charge in [-0.05, 0) is 89.6 Å². The fourth-order valence-corrected chi connectivity index (χ4v) is 5.54. The molecule has 2 aromatic carbocycles. The summed E-state index contributed by atoms with van der Waals surface area (Å²) in [6.07, 6.45) is 5.21. The van der Waals surface area contributed by atoms with Gasteiger partial charge in [-0.2, -0.15) is 0 Å². The Bertz CT molecular complexity index is 1520. The van der Waals surface area contributed by atoms with Crippen LogP contribution in [0.4, 0.5) is 26.4 Å². The second kappa shape index (κ2) is 14.7. The lowest BCUT2D eigenvalue weighted by atomic mass is 10.0. The predicted octanol–water partition coefficient (Wildman–Crippen LogP) is 5.25. The van der Waals surface area contributed by atoms with E-state index in [9.17, 15) is 14.4 Å². The minimum absolute atomic E-state index is 0.0544. The number of urea groups is 1. The summed E-state index contributed by atoms with van der Waals surface area (Å²) in [5.41, 5.74) is -0.694. The number of benzene rings is 2. The number of anilines is 3. The van der Waals surface area contributed by atoms with Crippen molar-refractivity contribution in [3.05, 3.63) is 72.7 Å². The van der Waals surface area contributed by atoms with Crippen molar-refractivity contribution in [1.29, 1.82) is 0 Å². The number of aromatic nitrogens is 1. The van der Waals surface area contributed by atoms with Crippen LogP contribution < -0.4 is 20.7 Å². The summed E-state index contributed by atoms with van der Waals surface area (Å²) in [5.74, 6) is -0.832. The Morgan fingerprint density at radius 1 is 0.935 bits per heavy atom. The molecule has 0 bridgehead atoms. The van der Waals surface area contributed by atoms with Gasteiger partial charge in [-0.15, -0.1) is 0 Å². The zero-order valence-electron chi connectivity index (χ0n) is 26.6. The van der Waals surface area contributed by atoms with E-state index >= 15 is 4.39 Å². The highest BCUT2D eigenvalue weighted by molar-refractivity contribution is 6.16. The SMILES string of the molecule is CN(C)CCCN1CCC(N(C)C(=O)Nc2cc(Oc3ccc(NC(=O)C4(C(=O)Nc5ccccc5)CC4)c(F)c3)ccn2)CC1. The van der Waals surface area contributed by atoms with Crippen molar-refractivity contribution in [3.63, 3.8) is 0 Å². The standard InChI is InChI=1S/C34H42FN7O4/c1-40(2)18-7-19-42-20-13-25(14-21-42)41(3)33(45)39-30-23-27(12-17-36-30)46-26-10-11-29(28(35)22-26)38-32(44)34(15-16-34)31(43)37-24-8-5-4-6-9-24/h4-6,8-12,17,22-23,25H,7,13-16,18-21H2,1-3H3,(H,37,43)(H,38,44)(H,36,39,45). The molecule has 46 heavy (non-hydrogen) atoms. The van der Waals surface area contributed by atoms with E-state index in [1.54, 1.807) is 48.3 Å². The average molecular weight is 632 g/mol. The molecule has 1 aliphatic carbocycles. The van der Waals surface area contributed by atoms with Crippen molar-refractivity contribution >= 4 is 35.0 Å². The minimum Gasteiger partial charge on any atom is -0.457 e. The average Bonchev–Trinajstić information content (AvgIpc) is 3.85. The highest BCUT2D eigenvalue weighted by Crippen LogP contribution is 2.47. The third-order valence-electron chi connectivity index (χ3n) is 8.55. The molecule has 0 radical (unpaired) electrons. The summed E-state index contributed by atoms with van der Waals surface area (Å²) >= 11 is 0. The van der Waals surface area contributed by atoms with Crippen LogP contribution in [0.1, 0.15) is 32.1 Å². The Morgan fingerprint density at radius 2 is 1.63 bits per heavy atom. The number of hydrogen-bond donors (Lipinski definition) is 3. The van der Waals surface area contributed by atoms with Crippen LogP contribution in [0.25, 0.3) is 0 Å². The Hall–Kier alpha value is -4.55. The first-order valence-electron chi connectivity index (χ1n) is 15.7. The first kappa shape index (κ1) is 32.8. The number of pyridine rings is 1. The van der Waals surface area contributed by atoms with Crippen molar-refractivity contribution in [1.82, 2.24) is 19.7 Å². The maximum Gasteiger partial charge on any atom is 0.323 e. The topological polar surface area (TPSA) is 119 Å². The van der Waals surface area contributed by atoms with Crippen molar-refractivity contribution in [3.8, 4) is 11.5 Å². The Kier molecular flexibility index (Phi) is 10.5. The van der Waals surface area contributed by atoms with Crippen molar-refractivity contribution in [2.45, 2.75) is 38.1 Å². The fourth-order valence-electron chi connectivity index (χ4n) is 5.54. The molecule has 1 saturated heterocycles. The van der Waals surface area contributed by atoms with E-state index in [-0.39, 0.29) is 23.5 Å². The van der Waals surface area contributed by atoms with Crippen LogP contribution in [0.5, 0.6) is 11.5 Å². The molecule has 0 unspecified atom stereocenters. The number of nitrogens with one attached hydrogen (secondary N) is 3. The molecule has 2 fully saturated rings. The van der Waals surface area contributed by atoms with Crippen LogP contribution in [-0.2, 0) is 9.59 Å². The van der Waals surface area contributed by atoms with Crippen LogP contribution in [0.15, 0.2) is 66.9 Å². The van der Waals surface area contributed by atoms with Crippen molar-refractivity contribution in [2.75, 3.05) is 63.3 Å². The monoisotopic (exact) mass is 631 g/mol. The summed E-state index contributed by atoms with van der Waals surface area (Å²) in [5, 5.41) is 8.15. The molecule has 5 rings (SSSR count). The van der Waals surface area contributed by atoms with Gasteiger partial charge < -0.3 is 30.1 Å². The maximum atomic E-state index is 15.0.